The van der Waals surface area contributed by atoms with Gasteiger partial charge in [-0.05, 0) is 36.1 Å². The molecule has 0 aliphatic rings. The van der Waals surface area contributed by atoms with Crippen molar-refractivity contribution in [3.8, 4) is 0 Å². The highest BCUT2D eigenvalue weighted by Gasteiger charge is 2.06. The molecule has 3 heteroatoms. The summed E-state index contributed by atoms with van der Waals surface area (Å²) in [6, 6.07) is 15.8. The van der Waals surface area contributed by atoms with Crippen molar-refractivity contribution in [2.24, 2.45) is 0 Å². The van der Waals surface area contributed by atoms with E-state index in [-0.39, 0.29) is 5.91 Å². The van der Waals surface area contributed by atoms with Crippen molar-refractivity contribution < 1.29 is 4.79 Å². The summed E-state index contributed by atoms with van der Waals surface area (Å²) in [6.45, 7) is 2.59. The second-order valence-electron chi connectivity index (χ2n) is 4.95. The standard InChI is InChI=1S/C17H16N2O/c1-12-3-2-4-13(9-12)11-19-17(20)15-6-5-14-7-8-18-16(14)10-15/h2-10,18H,11H2,1H3,(H,19,20). The molecule has 0 aliphatic carbocycles. The maximum Gasteiger partial charge on any atom is 0.251 e. The first-order valence-electron chi connectivity index (χ1n) is 6.63. The molecular weight excluding hydrogens is 248 g/mol. The maximum atomic E-state index is 12.1. The molecule has 20 heavy (non-hydrogen) atoms. The fraction of sp³-hybridized carbons (Fsp3) is 0.118. The van der Waals surface area contributed by atoms with Crippen LogP contribution in [0.5, 0.6) is 0 Å². The molecule has 1 aromatic heterocycles. The van der Waals surface area contributed by atoms with Crippen LogP contribution >= 0.6 is 0 Å². The molecule has 3 aromatic rings. The summed E-state index contributed by atoms with van der Waals surface area (Å²) in [5, 5.41) is 4.06. The zero-order valence-corrected chi connectivity index (χ0v) is 11.3. The van der Waals surface area contributed by atoms with Crippen LogP contribution in [0.1, 0.15) is 21.5 Å². The summed E-state index contributed by atoms with van der Waals surface area (Å²) in [5.74, 6) is -0.0528. The molecule has 100 valence electrons. The lowest BCUT2D eigenvalue weighted by molar-refractivity contribution is 0.0951. The Morgan fingerprint density at radius 1 is 1.15 bits per heavy atom. The third-order valence-corrected chi connectivity index (χ3v) is 3.35. The first-order valence-corrected chi connectivity index (χ1v) is 6.63. The van der Waals surface area contributed by atoms with Crippen molar-refractivity contribution in [3.63, 3.8) is 0 Å². The predicted octanol–water partition coefficient (Wildman–Crippen LogP) is 3.41. The number of carbonyl (C=O) groups is 1. The number of rotatable bonds is 3. The van der Waals surface area contributed by atoms with Gasteiger partial charge >= 0.3 is 0 Å². The van der Waals surface area contributed by atoms with Gasteiger partial charge in [0.15, 0.2) is 0 Å². The molecule has 2 aromatic carbocycles. The molecule has 0 atom stereocenters. The average Bonchev–Trinajstić information content (AvgIpc) is 2.92. The maximum absolute atomic E-state index is 12.1. The molecule has 2 N–H and O–H groups in total. The molecule has 1 amide bonds. The molecule has 0 fully saturated rings. The quantitative estimate of drug-likeness (QED) is 0.748. The lowest BCUT2D eigenvalue weighted by Gasteiger charge is -2.06. The Kier molecular flexibility index (Phi) is 3.25. The zero-order valence-electron chi connectivity index (χ0n) is 11.3. The molecule has 0 saturated heterocycles. The van der Waals surface area contributed by atoms with E-state index >= 15 is 0 Å². The number of benzene rings is 2. The Bertz CT molecular complexity index is 758. The number of fused-ring (bicyclic) bond motifs is 1. The van der Waals surface area contributed by atoms with Gasteiger partial charge in [-0.15, -0.1) is 0 Å². The summed E-state index contributed by atoms with van der Waals surface area (Å²) < 4.78 is 0. The van der Waals surface area contributed by atoms with Crippen LogP contribution in [0, 0.1) is 6.92 Å². The Morgan fingerprint density at radius 2 is 2.05 bits per heavy atom. The van der Waals surface area contributed by atoms with Crippen molar-refractivity contribution >= 4 is 16.8 Å². The number of carbonyl (C=O) groups excluding carboxylic acids is 1. The number of nitrogens with one attached hydrogen (secondary N) is 2. The number of H-pyrrole nitrogens is 1. The first kappa shape index (κ1) is 12.5. The minimum atomic E-state index is -0.0528. The van der Waals surface area contributed by atoms with E-state index in [1.807, 2.05) is 55.6 Å². The normalized spacial score (nSPS) is 10.7. The van der Waals surface area contributed by atoms with Crippen LogP contribution in [-0.2, 0) is 6.54 Å². The van der Waals surface area contributed by atoms with Crippen molar-refractivity contribution in [2.75, 3.05) is 0 Å². The van der Waals surface area contributed by atoms with E-state index in [1.165, 1.54) is 5.56 Å². The molecule has 0 spiro atoms. The summed E-state index contributed by atoms with van der Waals surface area (Å²) in [5.41, 5.74) is 3.96. The Hall–Kier alpha value is -2.55. The Balaban J connectivity index is 1.72. The summed E-state index contributed by atoms with van der Waals surface area (Å²) in [6.07, 6.45) is 1.87. The minimum Gasteiger partial charge on any atom is -0.361 e. The molecule has 3 nitrogen and oxygen atoms in total. The smallest absolute Gasteiger partial charge is 0.251 e. The number of hydrogen-bond acceptors (Lipinski definition) is 1. The van der Waals surface area contributed by atoms with Gasteiger partial charge in [-0.25, -0.2) is 0 Å². The van der Waals surface area contributed by atoms with Gasteiger partial charge < -0.3 is 10.3 Å². The summed E-state index contributed by atoms with van der Waals surface area (Å²) >= 11 is 0. The van der Waals surface area contributed by atoms with Gasteiger partial charge in [-0.3, -0.25) is 4.79 Å². The van der Waals surface area contributed by atoms with E-state index in [0.717, 1.165) is 16.5 Å². The highest BCUT2D eigenvalue weighted by Crippen LogP contribution is 2.14. The van der Waals surface area contributed by atoms with Gasteiger partial charge in [0, 0.05) is 23.8 Å². The van der Waals surface area contributed by atoms with Crippen molar-refractivity contribution in [1.82, 2.24) is 10.3 Å². The van der Waals surface area contributed by atoms with E-state index in [9.17, 15) is 4.79 Å². The second-order valence-corrected chi connectivity index (χ2v) is 4.95. The SMILES string of the molecule is Cc1cccc(CNC(=O)c2ccc3cc[nH]c3c2)c1. The molecule has 3 rings (SSSR count). The predicted molar refractivity (Wildman–Crippen MR) is 80.6 cm³/mol. The fourth-order valence-electron chi connectivity index (χ4n) is 2.30. The van der Waals surface area contributed by atoms with Gasteiger partial charge in [0.05, 0.1) is 0 Å². The molecule has 0 saturated carbocycles. The number of aryl methyl sites for hydroxylation is 1. The Labute approximate surface area is 117 Å². The van der Waals surface area contributed by atoms with Crippen molar-refractivity contribution in [3.05, 3.63) is 71.4 Å². The molecule has 0 radical (unpaired) electrons. The highest BCUT2D eigenvalue weighted by atomic mass is 16.1. The van der Waals surface area contributed by atoms with Gasteiger partial charge in [0.1, 0.15) is 0 Å². The van der Waals surface area contributed by atoms with Crippen LogP contribution in [0.25, 0.3) is 10.9 Å². The summed E-state index contributed by atoms with van der Waals surface area (Å²) in [4.78, 5) is 15.3. The van der Waals surface area contributed by atoms with Crippen LogP contribution in [0.4, 0.5) is 0 Å². The van der Waals surface area contributed by atoms with Crippen molar-refractivity contribution in [2.45, 2.75) is 13.5 Å². The largest absolute Gasteiger partial charge is 0.361 e. The third kappa shape index (κ3) is 2.57. The van der Waals surface area contributed by atoms with E-state index < -0.39 is 0 Å². The molecular formula is C17H16N2O. The fourth-order valence-corrected chi connectivity index (χ4v) is 2.30. The van der Waals surface area contributed by atoms with E-state index in [0.29, 0.717) is 12.1 Å². The number of aromatic nitrogens is 1. The van der Waals surface area contributed by atoms with Crippen LogP contribution < -0.4 is 5.32 Å². The lowest BCUT2D eigenvalue weighted by atomic mass is 10.1. The molecule has 0 unspecified atom stereocenters. The monoisotopic (exact) mass is 264 g/mol. The Morgan fingerprint density at radius 3 is 2.90 bits per heavy atom. The van der Waals surface area contributed by atoms with E-state index in [4.69, 9.17) is 0 Å². The minimum absolute atomic E-state index is 0.0528. The number of amides is 1. The van der Waals surface area contributed by atoms with Gasteiger partial charge in [-0.2, -0.15) is 0 Å². The van der Waals surface area contributed by atoms with Gasteiger partial charge in [0.25, 0.3) is 5.91 Å². The summed E-state index contributed by atoms with van der Waals surface area (Å²) in [7, 11) is 0. The topological polar surface area (TPSA) is 44.9 Å². The van der Waals surface area contributed by atoms with Gasteiger partial charge in [0.2, 0.25) is 0 Å². The number of hydrogen-bond donors (Lipinski definition) is 2. The second kappa shape index (κ2) is 5.21. The average molecular weight is 264 g/mol. The van der Waals surface area contributed by atoms with Crippen LogP contribution in [0.15, 0.2) is 54.7 Å². The van der Waals surface area contributed by atoms with E-state index in [1.54, 1.807) is 0 Å². The number of aromatic amines is 1. The lowest BCUT2D eigenvalue weighted by Crippen LogP contribution is -2.22. The van der Waals surface area contributed by atoms with Crippen molar-refractivity contribution in [1.29, 1.82) is 0 Å². The zero-order chi connectivity index (χ0) is 13.9. The first-order chi connectivity index (χ1) is 9.72. The van der Waals surface area contributed by atoms with E-state index in [2.05, 4.69) is 16.4 Å². The molecule has 0 bridgehead atoms. The van der Waals surface area contributed by atoms with Crippen LogP contribution in [0.3, 0.4) is 0 Å². The third-order valence-electron chi connectivity index (χ3n) is 3.35. The van der Waals surface area contributed by atoms with Gasteiger partial charge in [-0.1, -0.05) is 35.9 Å². The molecule has 0 aliphatic heterocycles. The van der Waals surface area contributed by atoms with Crippen LogP contribution in [-0.4, -0.2) is 10.9 Å². The van der Waals surface area contributed by atoms with Crippen LogP contribution in [0.2, 0.25) is 0 Å². The molecule has 1 heterocycles. The highest BCUT2D eigenvalue weighted by molar-refractivity contribution is 5.97.